The van der Waals surface area contributed by atoms with Crippen LogP contribution in [-0.4, -0.2) is 6.26 Å². The van der Waals surface area contributed by atoms with Gasteiger partial charge in [0, 0.05) is 5.69 Å². The maximum absolute atomic E-state index is 12.8. The number of furan rings is 1. The Bertz CT molecular complexity index is 607. The average molecular weight is 315 g/mol. The van der Waals surface area contributed by atoms with E-state index in [1.165, 1.54) is 13.0 Å². The molecule has 0 radical (unpaired) electrons. The van der Waals surface area contributed by atoms with Gasteiger partial charge in [-0.1, -0.05) is 6.07 Å². The summed E-state index contributed by atoms with van der Waals surface area (Å²) in [4.78, 5) is 0. The van der Waals surface area contributed by atoms with E-state index in [-0.39, 0.29) is 5.56 Å². The first kappa shape index (κ1) is 15.8. The first-order valence-corrected chi connectivity index (χ1v) is 7.78. The smallest absolute Gasteiger partial charge is 0.416 e. The maximum atomic E-state index is 12.8. The average Bonchev–Trinajstić information content (AvgIpc) is 2.85. The van der Waals surface area contributed by atoms with Crippen molar-refractivity contribution in [3.8, 4) is 0 Å². The molecule has 0 fully saturated rings. The third-order valence-electron chi connectivity index (χ3n) is 3.01. The van der Waals surface area contributed by atoms with Gasteiger partial charge in [0.15, 0.2) is 0 Å². The van der Waals surface area contributed by atoms with Crippen LogP contribution in [-0.2, 0) is 18.5 Å². The van der Waals surface area contributed by atoms with Crippen LogP contribution in [0.3, 0.4) is 0 Å². The molecule has 0 saturated carbocycles. The van der Waals surface area contributed by atoms with Gasteiger partial charge in [-0.3, -0.25) is 0 Å². The second-order valence-electron chi connectivity index (χ2n) is 4.68. The van der Waals surface area contributed by atoms with Crippen LogP contribution in [0.25, 0.3) is 0 Å². The second kappa shape index (κ2) is 6.47. The number of aryl methyl sites for hydroxylation is 1. The van der Waals surface area contributed by atoms with Gasteiger partial charge in [-0.2, -0.15) is 24.9 Å². The summed E-state index contributed by atoms with van der Waals surface area (Å²) in [6, 6.07) is 7.94. The standard InChI is InChI=1S/C15H16F3NOS/c1-10-3-4-11(7-14(10)15(16,17)18)19-8-12-5-6-13(20-12)9-21-2/h3-7,19H,8-9H2,1-2H3. The summed E-state index contributed by atoms with van der Waals surface area (Å²) in [5.74, 6) is 2.34. The molecule has 2 rings (SSSR count). The minimum Gasteiger partial charge on any atom is -0.463 e. The van der Waals surface area contributed by atoms with Gasteiger partial charge in [-0.25, -0.2) is 0 Å². The topological polar surface area (TPSA) is 25.2 Å². The summed E-state index contributed by atoms with van der Waals surface area (Å²) in [5, 5.41) is 2.96. The number of anilines is 1. The number of hydrogen-bond acceptors (Lipinski definition) is 3. The fraction of sp³-hybridized carbons (Fsp3) is 0.333. The van der Waals surface area contributed by atoms with Crippen LogP contribution in [0.15, 0.2) is 34.7 Å². The molecule has 0 unspecified atom stereocenters. The first-order valence-electron chi connectivity index (χ1n) is 6.38. The van der Waals surface area contributed by atoms with Crippen molar-refractivity contribution in [1.82, 2.24) is 0 Å². The van der Waals surface area contributed by atoms with Crippen molar-refractivity contribution in [3.05, 3.63) is 53.0 Å². The highest BCUT2D eigenvalue weighted by Gasteiger charge is 2.32. The molecule has 0 atom stereocenters. The van der Waals surface area contributed by atoms with E-state index < -0.39 is 11.7 Å². The quantitative estimate of drug-likeness (QED) is 0.833. The maximum Gasteiger partial charge on any atom is 0.416 e. The summed E-state index contributed by atoms with van der Waals surface area (Å²) in [6.07, 6.45) is -2.36. The largest absolute Gasteiger partial charge is 0.463 e. The van der Waals surface area contributed by atoms with Gasteiger partial charge in [-0.05, 0) is 43.0 Å². The monoisotopic (exact) mass is 315 g/mol. The van der Waals surface area contributed by atoms with Crippen LogP contribution in [0.4, 0.5) is 18.9 Å². The van der Waals surface area contributed by atoms with Crippen LogP contribution < -0.4 is 5.32 Å². The van der Waals surface area contributed by atoms with E-state index in [4.69, 9.17) is 4.42 Å². The molecule has 0 spiro atoms. The van der Waals surface area contributed by atoms with E-state index in [1.807, 2.05) is 18.4 Å². The molecule has 0 aliphatic rings. The molecule has 0 amide bonds. The van der Waals surface area contributed by atoms with Gasteiger partial charge < -0.3 is 9.73 Å². The van der Waals surface area contributed by atoms with Gasteiger partial charge in [0.05, 0.1) is 17.9 Å². The Morgan fingerprint density at radius 2 is 1.86 bits per heavy atom. The normalized spacial score (nSPS) is 11.7. The van der Waals surface area contributed by atoms with E-state index in [0.29, 0.717) is 18.0 Å². The van der Waals surface area contributed by atoms with Crippen LogP contribution in [0, 0.1) is 6.92 Å². The molecule has 6 heteroatoms. The minimum absolute atomic E-state index is 0.216. The van der Waals surface area contributed by atoms with E-state index in [9.17, 15) is 13.2 Å². The summed E-state index contributed by atoms with van der Waals surface area (Å²) >= 11 is 1.65. The first-order chi connectivity index (χ1) is 9.90. The second-order valence-corrected chi connectivity index (χ2v) is 5.55. The highest BCUT2D eigenvalue weighted by atomic mass is 32.2. The molecule has 0 aliphatic carbocycles. The molecular formula is C15H16F3NOS. The fourth-order valence-electron chi connectivity index (χ4n) is 1.96. The third kappa shape index (κ3) is 4.20. The SMILES string of the molecule is CSCc1ccc(CNc2ccc(C)c(C(F)(F)F)c2)o1. The predicted molar refractivity (Wildman–Crippen MR) is 79.4 cm³/mol. The van der Waals surface area contributed by atoms with Crippen molar-refractivity contribution in [1.29, 1.82) is 0 Å². The lowest BCUT2D eigenvalue weighted by Crippen LogP contribution is -2.08. The van der Waals surface area contributed by atoms with E-state index in [2.05, 4.69) is 5.32 Å². The molecular weight excluding hydrogens is 299 g/mol. The molecule has 1 heterocycles. The summed E-state index contributed by atoms with van der Waals surface area (Å²) in [6.45, 7) is 1.81. The Morgan fingerprint density at radius 1 is 1.14 bits per heavy atom. The number of benzene rings is 1. The lowest BCUT2D eigenvalue weighted by molar-refractivity contribution is -0.138. The molecule has 1 N–H and O–H groups in total. The van der Waals surface area contributed by atoms with Crippen LogP contribution in [0.2, 0.25) is 0 Å². The number of halogens is 3. The van der Waals surface area contributed by atoms with Crippen molar-refractivity contribution in [3.63, 3.8) is 0 Å². The zero-order valence-electron chi connectivity index (χ0n) is 11.8. The Kier molecular flexibility index (Phi) is 4.88. The molecule has 21 heavy (non-hydrogen) atoms. The lowest BCUT2D eigenvalue weighted by atomic mass is 10.1. The molecule has 0 saturated heterocycles. The number of thioether (sulfide) groups is 1. The summed E-state index contributed by atoms with van der Waals surface area (Å²) in [7, 11) is 0. The van der Waals surface area contributed by atoms with Crippen molar-refractivity contribution in [2.24, 2.45) is 0 Å². The Labute approximate surface area is 125 Å². The van der Waals surface area contributed by atoms with Crippen LogP contribution >= 0.6 is 11.8 Å². The Hall–Kier alpha value is -1.56. The number of nitrogens with one attached hydrogen (secondary N) is 1. The molecule has 114 valence electrons. The summed E-state index contributed by atoms with van der Waals surface area (Å²) in [5.41, 5.74) is 0.0269. The summed E-state index contributed by atoms with van der Waals surface area (Å²) < 4.78 is 44.1. The number of hydrogen-bond donors (Lipinski definition) is 1. The van der Waals surface area contributed by atoms with Gasteiger partial charge in [0.25, 0.3) is 0 Å². The zero-order chi connectivity index (χ0) is 15.5. The Balaban J connectivity index is 2.06. The van der Waals surface area contributed by atoms with Crippen molar-refractivity contribution in [2.45, 2.75) is 25.4 Å². The van der Waals surface area contributed by atoms with E-state index in [0.717, 1.165) is 17.6 Å². The van der Waals surface area contributed by atoms with E-state index in [1.54, 1.807) is 17.8 Å². The molecule has 0 bridgehead atoms. The van der Waals surface area contributed by atoms with Gasteiger partial charge >= 0.3 is 6.18 Å². The molecule has 1 aromatic heterocycles. The Morgan fingerprint density at radius 3 is 2.52 bits per heavy atom. The van der Waals surface area contributed by atoms with Gasteiger partial charge in [0.2, 0.25) is 0 Å². The highest BCUT2D eigenvalue weighted by molar-refractivity contribution is 7.97. The predicted octanol–water partition coefficient (Wildman–Crippen LogP) is 5.08. The van der Waals surface area contributed by atoms with Crippen LogP contribution in [0.1, 0.15) is 22.6 Å². The van der Waals surface area contributed by atoms with Gasteiger partial charge in [-0.15, -0.1) is 0 Å². The highest BCUT2D eigenvalue weighted by Crippen LogP contribution is 2.33. The lowest BCUT2D eigenvalue weighted by Gasteiger charge is -2.12. The number of alkyl halides is 3. The number of rotatable bonds is 5. The molecule has 2 aromatic rings. The van der Waals surface area contributed by atoms with Gasteiger partial charge in [0.1, 0.15) is 11.5 Å². The molecule has 0 aliphatic heterocycles. The minimum atomic E-state index is -4.34. The molecule has 1 aromatic carbocycles. The van der Waals surface area contributed by atoms with Crippen molar-refractivity contribution in [2.75, 3.05) is 11.6 Å². The fourth-order valence-corrected chi connectivity index (χ4v) is 2.40. The third-order valence-corrected chi connectivity index (χ3v) is 3.59. The van der Waals surface area contributed by atoms with Crippen molar-refractivity contribution < 1.29 is 17.6 Å². The zero-order valence-corrected chi connectivity index (χ0v) is 12.6. The van der Waals surface area contributed by atoms with E-state index >= 15 is 0 Å². The molecule has 2 nitrogen and oxygen atoms in total. The van der Waals surface area contributed by atoms with Crippen LogP contribution in [0.5, 0.6) is 0 Å². The van der Waals surface area contributed by atoms with Crippen molar-refractivity contribution >= 4 is 17.4 Å².